The number of benzene rings is 2. The van der Waals surface area contributed by atoms with E-state index in [9.17, 15) is 9.59 Å². The van der Waals surface area contributed by atoms with E-state index in [2.05, 4.69) is 9.97 Å². The molecule has 2 aromatic carbocycles. The molecule has 1 aliphatic rings. The van der Waals surface area contributed by atoms with E-state index in [0.29, 0.717) is 32.0 Å². The van der Waals surface area contributed by atoms with Crippen LogP contribution in [0.1, 0.15) is 27.5 Å². The second-order valence-electron chi connectivity index (χ2n) is 7.27. The van der Waals surface area contributed by atoms with Crippen molar-refractivity contribution in [3.05, 3.63) is 89.9 Å². The number of hydrogen-bond donors (Lipinski definition) is 2. The Morgan fingerprint density at radius 1 is 0.839 bits per heavy atom. The monoisotopic (exact) mass is 417 g/mol. The molecule has 3 aromatic rings. The lowest BCUT2D eigenvalue weighted by Crippen LogP contribution is -2.50. The molecular formula is C23H23N5O3. The minimum Gasteiger partial charge on any atom is -0.352 e. The van der Waals surface area contributed by atoms with Crippen molar-refractivity contribution < 1.29 is 14.8 Å². The number of hydroxylamine groups is 1. The van der Waals surface area contributed by atoms with Gasteiger partial charge in [0.15, 0.2) is 0 Å². The number of aromatic nitrogens is 2. The minimum atomic E-state index is -0.706. The van der Waals surface area contributed by atoms with E-state index in [-0.39, 0.29) is 17.5 Å². The maximum Gasteiger partial charge on any atom is 0.294 e. The third-order valence-electron chi connectivity index (χ3n) is 5.40. The first-order chi connectivity index (χ1) is 15.2. The number of nitrogens with one attached hydrogen (secondary N) is 1. The predicted molar refractivity (Wildman–Crippen MR) is 115 cm³/mol. The van der Waals surface area contributed by atoms with E-state index in [1.807, 2.05) is 70.5 Å². The maximum absolute atomic E-state index is 13.5. The van der Waals surface area contributed by atoms with Gasteiger partial charge in [0.2, 0.25) is 5.91 Å². The van der Waals surface area contributed by atoms with Crippen molar-refractivity contribution in [2.45, 2.75) is 5.92 Å². The van der Waals surface area contributed by atoms with Crippen LogP contribution in [-0.2, 0) is 4.79 Å². The highest BCUT2D eigenvalue weighted by Crippen LogP contribution is 2.27. The molecule has 0 radical (unpaired) electrons. The molecule has 4 rings (SSSR count). The summed E-state index contributed by atoms with van der Waals surface area (Å²) in [7, 11) is 0. The first-order valence-corrected chi connectivity index (χ1v) is 10.1. The summed E-state index contributed by atoms with van der Waals surface area (Å²) in [5.74, 6) is -0.338. The second kappa shape index (κ2) is 9.36. The summed E-state index contributed by atoms with van der Waals surface area (Å²) in [5.41, 5.74) is 3.53. The lowest BCUT2D eigenvalue weighted by Gasteiger charge is -2.37. The van der Waals surface area contributed by atoms with Crippen LogP contribution in [0.5, 0.6) is 0 Å². The first-order valence-electron chi connectivity index (χ1n) is 10.1. The zero-order valence-corrected chi connectivity index (χ0v) is 16.9. The molecule has 158 valence electrons. The largest absolute Gasteiger partial charge is 0.352 e. The van der Waals surface area contributed by atoms with Gasteiger partial charge in [0.25, 0.3) is 5.91 Å². The Hall–Kier alpha value is -3.78. The van der Waals surface area contributed by atoms with Crippen molar-refractivity contribution in [2.24, 2.45) is 0 Å². The van der Waals surface area contributed by atoms with Gasteiger partial charge in [0.05, 0.1) is 18.3 Å². The molecule has 0 bridgehead atoms. The van der Waals surface area contributed by atoms with Crippen molar-refractivity contribution in [2.75, 3.05) is 31.1 Å². The predicted octanol–water partition coefficient (Wildman–Crippen LogP) is 2.08. The van der Waals surface area contributed by atoms with Crippen molar-refractivity contribution in [1.82, 2.24) is 20.3 Å². The van der Waals surface area contributed by atoms with Crippen LogP contribution in [0.25, 0.3) is 0 Å². The molecule has 1 aliphatic heterocycles. The number of rotatable bonds is 5. The average molecular weight is 417 g/mol. The molecule has 0 saturated carbocycles. The lowest BCUT2D eigenvalue weighted by molar-refractivity contribution is -0.132. The summed E-state index contributed by atoms with van der Waals surface area (Å²) in [4.78, 5) is 37.1. The molecule has 1 fully saturated rings. The molecule has 1 aromatic heterocycles. The standard InChI is InChI=1S/C23H23N5O3/c29-22(26-31)19-15-25-20(16-24-19)27-11-13-28(14-12-27)23(30)21(17-7-3-1-4-8-17)18-9-5-2-6-10-18/h1-10,15-16,21,31H,11-14H2,(H,26,29). The van der Waals surface area contributed by atoms with E-state index in [1.54, 1.807) is 0 Å². The molecule has 0 spiro atoms. The number of amides is 2. The smallest absolute Gasteiger partial charge is 0.294 e. The number of carbonyl (C=O) groups is 2. The van der Waals surface area contributed by atoms with Crippen LogP contribution in [0.4, 0.5) is 5.82 Å². The third-order valence-corrected chi connectivity index (χ3v) is 5.40. The first kappa shape index (κ1) is 20.5. The molecule has 1 saturated heterocycles. The van der Waals surface area contributed by atoms with Crippen LogP contribution in [0.15, 0.2) is 73.1 Å². The summed E-state index contributed by atoms with van der Waals surface area (Å²) in [6, 6.07) is 19.7. The Labute approximate surface area is 180 Å². The topological polar surface area (TPSA) is 98.7 Å². The zero-order chi connectivity index (χ0) is 21.6. The molecule has 0 atom stereocenters. The molecule has 0 unspecified atom stereocenters. The van der Waals surface area contributed by atoms with Crippen molar-refractivity contribution in [1.29, 1.82) is 0 Å². The van der Waals surface area contributed by atoms with Gasteiger partial charge in [-0.25, -0.2) is 15.4 Å². The minimum absolute atomic E-state index is 0.0358. The van der Waals surface area contributed by atoms with Crippen molar-refractivity contribution in [3.63, 3.8) is 0 Å². The van der Waals surface area contributed by atoms with Gasteiger partial charge in [0, 0.05) is 26.2 Å². The highest BCUT2D eigenvalue weighted by molar-refractivity contribution is 5.91. The van der Waals surface area contributed by atoms with E-state index in [0.717, 1.165) is 11.1 Å². The van der Waals surface area contributed by atoms with E-state index in [1.165, 1.54) is 17.9 Å². The highest BCUT2D eigenvalue weighted by atomic mass is 16.5. The van der Waals surface area contributed by atoms with Crippen LogP contribution in [-0.4, -0.2) is 58.1 Å². The van der Waals surface area contributed by atoms with Crippen LogP contribution in [0.2, 0.25) is 0 Å². The SMILES string of the molecule is O=C(NO)c1cnc(N2CCN(C(=O)C(c3ccccc3)c3ccccc3)CC2)cn1. The average Bonchev–Trinajstić information content (AvgIpc) is 2.85. The van der Waals surface area contributed by atoms with Gasteiger partial charge in [0.1, 0.15) is 11.5 Å². The van der Waals surface area contributed by atoms with Crippen LogP contribution in [0, 0.1) is 0 Å². The number of nitrogens with zero attached hydrogens (tertiary/aromatic N) is 4. The molecule has 2 amide bonds. The van der Waals surface area contributed by atoms with E-state index in [4.69, 9.17) is 5.21 Å². The zero-order valence-electron chi connectivity index (χ0n) is 16.9. The van der Waals surface area contributed by atoms with E-state index < -0.39 is 5.91 Å². The quantitative estimate of drug-likeness (QED) is 0.487. The molecule has 2 heterocycles. The number of hydrogen-bond acceptors (Lipinski definition) is 6. The van der Waals surface area contributed by atoms with Gasteiger partial charge in [-0.3, -0.25) is 14.8 Å². The van der Waals surface area contributed by atoms with Gasteiger partial charge < -0.3 is 9.80 Å². The fraction of sp³-hybridized carbons (Fsp3) is 0.217. The number of piperazine rings is 1. The molecule has 31 heavy (non-hydrogen) atoms. The van der Waals surface area contributed by atoms with Gasteiger partial charge in [-0.1, -0.05) is 60.7 Å². The Bertz CT molecular complexity index is 981. The second-order valence-corrected chi connectivity index (χ2v) is 7.27. The molecule has 2 N–H and O–H groups in total. The summed E-state index contributed by atoms with van der Waals surface area (Å²) in [5, 5.41) is 8.68. The van der Waals surface area contributed by atoms with Crippen LogP contribution < -0.4 is 10.4 Å². The Balaban J connectivity index is 1.47. The summed E-state index contributed by atoms with van der Waals surface area (Å²) in [6.45, 7) is 2.36. The molecule has 8 nitrogen and oxygen atoms in total. The fourth-order valence-corrected chi connectivity index (χ4v) is 3.77. The van der Waals surface area contributed by atoms with Gasteiger partial charge in [-0.05, 0) is 11.1 Å². The Morgan fingerprint density at radius 3 is 1.90 bits per heavy atom. The molecule has 0 aliphatic carbocycles. The molecule has 8 heteroatoms. The Morgan fingerprint density at radius 2 is 1.42 bits per heavy atom. The van der Waals surface area contributed by atoms with Crippen LogP contribution in [0.3, 0.4) is 0 Å². The summed E-state index contributed by atoms with van der Waals surface area (Å²) < 4.78 is 0. The van der Waals surface area contributed by atoms with E-state index >= 15 is 0 Å². The third kappa shape index (κ3) is 4.54. The Kier molecular flexibility index (Phi) is 6.18. The summed E-state index contributed by atoms with van der Waals surface area (Å²) in [6.07, 6.45) is 2.82. The highest BCUT2D eigenvalue weighted by Gasteiger charge is 2.30. The van der Waals surface area contributed by atoms with Gasteiger partial charge in [-0.2, -0.15) is 0 Å². The summed E-state index contributed by atoms with van der Waals surface area (Å²) >= 11 is 0. The number of anilines is 1. The van der Waals surface area contributed by atoms with Crippen molar-refractivity contribution in [3.8, 4) is 0 Å². The molecular weight excluding hydrogens is 394 g/mol. The lowest BCUT2D eigenvalue weighted by atomic mass is 9.90. The normalized spacial score (nSPS) is 13.9. The van der Waals surface area contributed by atoms with Crippen LogP contribution >= 0.6 is 0 Å². The van der Waals surface area contributed by atoms with Gasteiger partial charge >= 0.3 is 0 Å². The van der Waals surface area contributed by atoms with Crippen molar-refractivity contribution >= 4 is 17.6 Å². The maximum atomic E-state index is 13.5. The fourth-order valence-electron chi connectivity index (χ4n) is 3.77. The number of carbonyl (C=O) groups excluding carboxylic acids is 2. The van der Waals surface area contributed by atoms with Gasteiger partial charge in [-0.15, -0.1) is 0 Å².